The summed E-state index contributed by atoms with van der Waals surface area (Å²) >= 11 is 0. The molecule has 2 heterocycles. The molecule has 0 spiro atoms. The molecule has 1 aliphatic rings. The molecule has 0 unspecified atom stereocenters. The topological polar surface area (TPSA) is 116 Å². The number of rotatable bonds is 10. The summed E-state index contributed by atoms with van der Waals surface area (Å²) in [4.78, 5) is 18.5. The van der Waals surface area contributed by atoms with Gasteiger partial charge in [-0.25, -0.2) is 8.42 Å². The van der Waals surface area contributed by atoms with Gasteiger partial charge in [-0.15, -0.1) is 0 Å². The van der Waals surface area contributed by atoms with E-state index in [2.05, 4.69) is 10.3 Å². The second-order valence-electron chi connectivity index (χ2n) is 9.80. The van der Waals surface area contributed by atoms with Gasteiger partial charge in [-0.05, 0) is 60.2 Å². The molecule has 220 valence electrons. The first kappa shape index (κ1) is 29.2. The van der Waals surface area contributed by atoms with Crippen molar-refractivity contribution in [2.24, 2.45) is 0 Å². The molecule has 4 aromatic rings. The number of aromatic nitrogens is 1. The molecule has 42 heavy (non-hydrogen) atoms. The van der Waals surface area contributed by atoms with Crippen LogP contribution in [0.5, 0.6) is 23.0 Å². The third kappa shape index (κ3) is 5.57. The van der Waals surface area contributed by atoms with Crippen LogP contribution in [-0.4, -0.2) is 64.6 Å². The first-order valence-corrected chi connectivity index (χ1v) is 14.9. The molecule has 1 saturated heterocycles. The maximum atomic E-state index is 13.7. The van der Waals surface area contributed by atoms with Gasteiger partial charge in [0.25, 0.3) is 0 Å². The molecule has 1 atom stereocenters. The van der Waals surface area contributed by atoms with Crippen LogP contribution in [0.3, 0.4) is 0 Å². The largest absolute Gasteiger partial charge is 0.493 e. The molecule has 0 radical (unpaired) electrons. The lowest BCUT2D eigenvalue weighted by molar-refractivity contribution is -0.119. The van der Waals surface area contributed by atoms with Crippen LogP contribution in [0.1, 0.15) is 24.1 Å². The number of nitrogens with zero attached hydrogens (tertiary/aromatic N) is 2. The smallest absolute Gasteiger partial charge is 0.243 e. The van der Waals surface area contributed by atoms with E-state index in [1.807, 2.05) is 18.2 Å². The Morgan fingerprint density at radius 1 is 0.905 bits per heavy atom. The lowest BCUT2D eigenvalue weighted by atomic mass is 10.0. The number of methoxy groups -OCH3 is 4. The number of benzene rings is 3. The van der Waals surface area contributed by atoms with Gasteiger partial charge in [0.1, 0.15) is 6.04 Å². The Kier molecular flexibility index (Phi) is 8.51. The number of carbonyl (C=O) groups is 1. The number of hydrogen-bond donors (Lipinski definition) is 1. The molecule has 5 rings (SSSR count). The quantitative estimate of drug-likeness (QED) is 0.283. The summed E-state index contributed by atoms with van der Waals surface area (Å²) in [6.45, 7) is 0.263. The summed E-state index contributed by atoms with van der Waals surface area (Å²) in [7, 11) is 2.37. The molecule has 1 fully saturated rings. The van der Waals surface area contributed by atoms with Gasteiger partial charge in [-0.3, -0.25) is 9.78 Å². The van der Waals surface area contributed by atoms with E-state index in [0.717, 1.165) is 16.5 Å². The van der Waals surface area contributed by atoms with E-state index in [1.54, 1.807) is 50.7 Å². The molecule has 0 saturated carbocycles. The van der Waals surface area contributed by atoms with Crippen molar-refractivity contribution in [3.8, 4) is 23.0 Å². The van der Waals surface area contributed by atoms with Gasteiger partial charge in [-0.2, -0.15) is 4.31 Å². The Balaban J connectivity index is 1.51. The Bertz CT molecular complexity index is 1710. The van der Waals surface area contributed by atoms with Gasteiger partial charge in [0, 0.05) is 36.3 Å². The summed E-state index contributed by atoms with van der Waals surface area (Å²) in [6.07, 6.45) is 3.04. The normalized spacial score (nSPS) is 15.4. The average molecular weight is 592 g/mol. The van der Waals surface area contributed by atoms with Crippen LogP contribution in [0.25, 0.3) is 10.8 Å². The molecule has 1 amide bonds. The highest BCUT2D eigenvalue weighted by atomic mass is 32.2. The Morgan fingerprint density at radius 2 is 1.55 bits per heavy atom. The number of amides is 1. The van der Waals surface area contributed by atoms with Gasteiger partial charge in [0.05, 0.1) is 39.0 Å². The van der Waals surface area contributed by atoms with Gasteiger partial charge in [0.2, 0.25) is 15.9 Å². The van der Waals surface area contributed by atoms with Gasteiger partial charge in [0.15, 0.2) is 23.0 Å². The van der Waals surface area contributed by atoms with Crippen molar-refractivity contribution in [1.82, 2.24) is 9.29 Å². The van der Waals surface area contributed by atoms with Crippen molar-refractivity contribution in [1.29, 1.82) is 0 Å². The van der Waals surface area contributed by atoms with Gasteiger partial charge < -0.3 is 24.3 Å². The van der Waals surface area contributed by atoms with Crippen molar-refractivity contribution in [3.05, 3.63) is 78.1 Å². The number of fused-ring (bicyclic) bond motifs is 1. The number of anilines is 1. The van der Waals surface area contributed by atoms with Crippen molar-refractivity contribution >= 4 is 32.4 Å². The van der Waals surface area contributed by atoms with Crippen molar-refractivity contribution in [3.63, 3.8) is 0 Å². The highest BCUT2D eigenvalue weighted by molar-refractivity contribution is 7.89. The van der Waals surface area contributed by atoms with Crippen LogP contribution in [0.15, 0.2) is 71.8 Å². The molecule has 1 aromatic heterocycles. The first-order chi connectivity index (χ1) is 20.3. The molecular formula is C31H33N3O7S. The molecule has 11 heteroatoms. The first-order valence-electron chi connectivity index (χ1n) is 13.4. The van der Waals surface area contributed by atoms with E-state index in [1.165, 1.54) is 30.7 Å². The second-order valence-corrected chi connectivity index (χ2v) is 11.7. The van der Waals surface area contributed by atoms with E-state index in [4.69, 9.17) is 18.9 Å². The van der Waals surface area contributed by atoms with Crippen LogP contribution in [0.4, 0.5) is 5.69 Å². The van der Waals surface area contributed by atoms with Crippen LogP contribution in [0.2, 0.25) is 0 Å². The van der Waals surface area contributed by atoms with Crippen molar-refractivity contribution in [2.45, 2.75) is 30.2 Å². The maximum Gasteiger partial charge on any atom is 0.243 e. The minimum atomic E-state index is -3.85. The summed E-state index contributed by atoms with van der Waals surface area (Å²) in [6, 6.07) is 16.4. The number of pyridine rings is 1. The molecular weight excluding hydrogens is 558 g/mol. The van der Waals surface area contributed by atoms with E-state index in [-0.39, 0.29) is 11.4 Å². The Morgan fingerprint density at radius 3 is 2.24 bits per heavy atom. The predicted octanol–water partition coefficient (Wildman–Crippen LogP) is 4.65. The highest BCUT2D eigenvalue weighted by Gasteiger charge is 2.39. The van der Waals surface area contributed by atoms with E-state index < -0.39 is 22.0 Å². The minimum Gasteiger partial charge on any atom is -0.493 e. The molecule has 0 aliphatic carbocycles. The van der Waals surface area contributed by atoms with Crippen molar-refractivity contribution < 1.29 is 32.2 Å². The zero-order chi connectivity index (χ0) is 29.9. The fraction of sp³-hybridized carbons (Fsp3) is 0.290. The van der Waals surface area contributed by atoms with Crippen LogP contribution < -0.4 is 24.3 Å². The lowest BCUT2D eigenvalue weighted by Gasteiger charge is -2.24. The fourth-order valence-electron chi connectivity index (χ4n) is 5.30. The number of carbonyl (C=O) groups excluding carboxylic acids is 1. The number of nitrogens with one attached hydrogen (secondary N) is 1. The van der Waals surface area contributed by atoms with Crippen LogP contribution >= 0.6 is 0 Å². The summed E-state index contributed by atoms with van der Waals surface area (Å²) < 4.78 is 50.1. The maximum absolute atomic E-state index is 13.7. The fourth-order valence-corrected chi connectivity index (χ4v) is 6.98. The summed E-state index contributed by atoms with van der Waals surface area (Å²) in [5, 5.41) is 4.76. The zero-order valence-corrected chi connectivity index (χ0v) is 24.7. The molecule has 1 aliphatic heterocycles. The van der Waals surface area contributed by atoms with E-state index >= 15 is 0 Å². The molecule has 10 nitrogen and oxygen atoms in total. The predicted molar refractivity (Wildman–Crippen MR) is 159 cm³/mol. The van der Waals surface area contributed by atoms with Crippen LogP contribution in [-0.2, 0) is 21.2 Å². The minimum absolute atomic E-state index is 0.158. The van der Waals surface area contributed by atoms with E-state index in [9.17, 15) is 13.2 Å². The number of hydrogen-bond acceptors (Lipinski definition) is 8. The summed E-state index contributed by atoms with van der Waals surface area (Å²) in [5.74, 6) is 1.67. The summed E-state index contributed by atoms with van der Waals surface area (Å²) in [5.41, 5.74) is 1.93. The standard InChI is InChI=1S/C31H33N3O7S/c1-38-27-16-20-12-13-32-25(23(20)18-29(27)40-3)15-21-17-28(39-2)30(41-4)19-24(21)33-31(35)26-11-8-14-34(26)42(36,37)22-9-6-5-7-10-22/h5-7,9-10,12-13,16-19,26H,8,11,14-15H2,1-4H3,(H,33,35)/t26-/m0/s1. The molecule has 1 N–H and O–H groups in total. The monoisotopic (exact) mass is 591 g/mol. The Labute approximate surface area is 245 Å². The SMILES string of the molecule is COc1cc(Cc2nccc3cc(OC)c(OC)cc23)c(NC(=O)[C@@H]2CCCN2S(=O)(=O)c2ccccc2)cc1OC. The molecule has 3 aromatic carbocycles. The van der Waals surface area contributed by atoms with Crippen LogP contribution in [0, 0.1) is 0 Å². The Hall–Kier alpha value is -4.35. The average Bonchev–Trinajstić information content (AvgIpc) is 3.53. The second kappa shape index (κ2) is 12.3. The van der Waals surface area contributed by atoms with Crippen molar-refractivity contribution in [2.75, 3.05) is 40.3 Å². The number of ether oxygens (including phenoxy) is 4. The van der Waals surface area contributed by atoms with Gasteiger partial charge in [-0.1, -0.05) is 18.2 Å². The molecule has 0 bridgehead atoms. The number of sulfonamides is 1. The zero-order valence-electron chi connectivity index (χ0n) is 23.9. The van der Waals surface area contributed by atoms with E-state index in [0.29, 0.717) is 53.5 Å². The third-order valence-electron chi connectivity index (χ3n) is 7.43. The third-order valence-corrected chi connectivity index (χ3v) is 9.35. The van der Waals surface area contributed by atoms with Gasteiger partial charge >= 0.3 is 0 Å². The highest BCUT2D eigenvalue weighted by Crippen LogP contribution is 2.38. The lowest BCUT2D eigenvalue weighted by Crippen LogP contribution is -2.43.